The van der Waals surface area contributed by atoms with E-state index in [0.29, 0.717) is 13.0 Å². The molecule has 1 atom stereocenters. The van der Waals surface area contributed by atoms with Gasteiger partial charge in [-0.3, -0.25) is 4.79 Å². The molecule has 102 valence electrons. The molecule has 0 fully saturated rings. The van der Waals surface area contributed by atoms with E-state index in [9.17, 15) is 4.79 Å². The van der Waals surface area contributed by atoms with E-state index in [4.69, 9.17) is 4.74 Å². The van der Waals surface area contributed by atoms with Crippen LogP contribution in [0.5, 0.6) is 0 Å². The number of carbonyl (C=O) groups is 1. The summed E-state index contributed by atoms with van der Waals surface area (Å²) in [5.41, 5.74) is 1.51. The lowest BCUT2D eigenvalue weighted by molar-refractivity contribution is -0.150. The summed E-state index contributed by atoms with van der Waals surface area (Å²) in [5.74, 6) is -0.109. The molecule has 3 nitrogen and oxygen atoms in total. The van der Waals surface area contributed by atoms with Crippen LogP contribution in [0.15, 0.2) is 36.4 Å². The van der Waals surface area contributed by atoms with Crippen molar-refractivity contribution >= 4 is 11.7 Å². The van der Waals surface area contributed by atoms with E-state index in [0.717, 1.165) is 24.1 Å². The topological polar surface area (TPSA) is 38.3 Å². The normalized spacial score (nSPS) is 22.0. The van der Waals surface area contributed by atoms with Crippen molar-refractivity contribution in [3.05, 3.63) is 42.0 Å². The molecule has 0 heterocycles. The van der Waals surface area contributed by atoms with Crippen molar-refractivity contribution < 1.29 is 9.53 Å². The average molecular weight is 259 g/mol. The Hall–Kier alpha value is -1.77. The Labute approximate surface area is 114 Å². The van der Waals surface area contributed by atoms with Crippen molar-refractivity contribution in [1.29, 1.82) is 0 Å². The van der Waals surface area contributed by atoms with Crippen molar-refractivity contribution in [2.24, 2.45) is 0 Å². The number of carbonyl (C=O) groups excluding carboxylic acids is 1. The van der Waals surface area contributed by atoms with E-state index in [2.05, 4.69) is 17.5 Å². The fourth-order valence-corrected chi connectivity index (χ4v) is 2.76. The van der Waals surface area contributed by atoms with Crippen LogP contribution >= 0.6 is 0 Å². The van der Waals surface area contributed by atoms with Gasteiger partial charge in [0.1, 0.15) is 0 Å². The standard InChI is InChI=1S/C16H21NO2/c1-3-19-15(18)16(11-7-4-8-12-16)13-9-5-6-10-14(13)17-2/h4-7,9-10,17H,3,8,11-12H2,1-2H3. The third kappa shape index (κ3) is 2.50. The van der Waals surface area contributed by atoms with Gasteiger partial charge in [0, 0.05) is 12.7 Å². The maximum absolute atomic E-state index is 12.5. The molecule has 0 saturated heterocycles. The van der Waals surface area contributed by atoms with E-state index in [1.165, 1.54) is 0 Å². The number of nitrogens with one attached hydrogen (secondary N) is 1. The predicted octanol–water partition coefficient (Wildman–Crippen LogP) is 3.27. The molecule has 1 unspecified atom stereocenters. The maximum atomic E-state index is 12.5. The first-order chi connectivity index (χ1) is 9.24. The maximum Gasteiger partial charge on any atom is 0.316 e. The Morgan fingerprint density at radius 2 is 2.16 bits per heavy atom. The van der Waals surface area contributed by atoms with Gasteiger partial charge in [0.15, 0.2) is 0 Å². The van der Waals surface area contributed by atoms with Crippen molar-refractivity contribution in [3.8, 4) is 0 Å². The quantitative estimate of drug-likeness (QED) is 0.666. The highest BCUT2D eigenvalue weighted by atomic mass is 16.5. The zero-order valence-corrected chi connectivity index (χ0v) is 11.6. The van der Waals surface area contributed by atoms with Crippen LogP contribution < -0.4 is 5.32 Å². The molecule has 0 bridgehead atoms. The number of hydrogen-bond donors (Lipinski definition) is 1. The molecular weight excluding hydrogens is 238 g/mol. The monoisotopic (exact) mass is 259 g/mol. The van der Waals surface area contributed by atoms with Crippen LogP contribution in [0.3, 0.4) is 0 Å². The lowest BCUT2D eigenvalue weighted by Crippen LogP contribution is -2.39. The Balaban J connectivity index is 2.48. The molecule has 0 aromatic heterocycles. The minimum Gasteiger partial charge on any atom is -0.465 e. The van der Waals surface area contributed by atoms with Crippen LogP contribution in [-0.4, -0.2) is 19.6 Å². The molecule has 0 aliphatic heterocycles. The van der Waals surface area contributed by atoms with Crippen LogP contribution in [0.1, 0.15) is 31.7 Å². The van der Waals surface area contributed by atoms with Gasteiger partial charge < -0.3 is 10.1 Å². The first-order valence-electron chi connectivity index (χ1n) is 6.84. The van der Waals surface area contributed by atoms with E-state index in [1.54, 1.807) is 0 Å². The number of ether oxygens (including phenoxy) is 1. The second-order valence-electron chi connectivity index (χ2n) is 4.81. The highest BCUT2D eigenvalue weighted by molar-refractivity contribution is 5.86. The highest BCUT2D eigenvalue weighted by Gasteiger charge is 2.42. The minimum absolute atomic E-state index is 0.109. The van der Waals surface area contributed by atoms with Gasteiger partial charge >= 0.3 is 5.97 Å². The summed E-state index contributed by atoms with van der Waals surface area (Å²) in [7, 11) is 1.89. The fourth-order valence-electron chi connectivity index (χ4n) is 2.76. The van der Waals surface area contributed by atoms with Gasteiger partial charge in [-0.15, -0.1) is 0 Å². The zero-order chi connectivity index (χ0) is 13.7. The molecule has 1 aliphatic carbocycles. The van der Waals surface area contributed by atoms with E-state index in [-0.39, 0.29) is 5.97 Å². The molecule has 1 aromatic rings. The fraction of sp³-hybridized carbons (Fsp3) is 0.438. The number of benzene rings is 1. The van der Waals surface area contributed by atoms with E-state index in [1.807, 2.05) is 38.2 Å². The average Bonchev–Trinajstić information content (AvgIpc) is 2.48. The van der Waals surface area contributed by atoms with Crippen molar-refractivity contribution in [2.75, 3.05) is 19.0 Å². The molecule has 0 saturated carbocycles. The van der Waals surface area contributed by atoms with Crippen LogP contribution in [0.4, 0.5) is 5.69 Å². The molecule has 2 rings (SSSR count). The van der Waals surface area contributed by atoms with Gasteiger partial charge in [-0.1, -0.05) is 30.4 Å². The molecule has 1 aliphatic rings. The van der Waals surface area contributed by atoms with Crippen molar-refractivity contribution in [3.63, 3.8) is 0 Å². The van der Waals surface area contributed by atoms with Gasteiger partial charge in [0.2, 0.25) is 0 Å². The predicted molar refractivity (Wildman–Crippen MR) is 77.3 cm³/mol. The zero-order valence-electron chi connectivity index (χ0n) is 11.6. The number of anilines is 1. The summed E-state index contributed by atoms with van der Waals surface area (Å²) in [5, 5.41) is 3.18. The van der Waals surface area contributed by atoms with Gasteiger partial charge in [-0.05, 0) is 37.8 Å². The molecule has 3 heteroatoms. The molecule has 1 N–H and O–H groups in total. The Bertz CT molecular complexity index is 481. The third-order valence-electron chi connectivity index (χ3n) is 3.75. The molecule has 0 amide bonds. The van der Waals surface area contributed by atoms with Crippen LogP contribution in [0.25, 0.3) is 0 Å². The summed E-state index contributed by atoms with van der Waals surface area (Å²) < 4.78 is 5.34. The number of esters is 1. The lowest BCUT2D eigenvalue weighted by Gasteiger charge is -2.34. The molecule has 1 aromatic carbocycles. The van der Waals surface area contributed by atoms with Gasteiger partial charge in [0.25, 0.3) is 0 Å². The van der Waals surface area contributed by atoms with Crippen LogP contribution in [-0.2, 0) is 14.9 Å². The summed E-state index contributed by atoms with van der Waals surface area (Å²) in [6.45, 7) is 2.28. The highest BCUT2D eigenvalue weighted by Crippen LogP contribution is 2.41. The van der Waals surface area contributed by atoms with Gasteiger partial charge in [0.05, 0.1) is 12.0 Å². The van der Waals surface area contributed by atoms with Crippen molar-refractivity contribution in [1.82, 2.24) is 0 Å². The Morgan fingerprint density at radius 3 is 2.79 bits per heavy atom. The SMILES string of the molecule is CCOC(=O)C1(c2ccccc2NC)CC=CCC1. The lowest BCUT2D eigenvalue weighted by atomic mass is 9.71. The number of para-hydroxylation sites is 1. The number of rotatable bonds is 4. The minimum atomic E-state index is -0.537. The number of allylic oxidation sites excluding steroid dienone is 2. The first kappa shape index (κ1) is 13.7. The van der Waals surface area contributed by atoms with Crippen molar-refractivity contribution in [2.45, 2.75) is 31.6 Å². The second kappa shape index (κ2) is 5.91. The first-order valence-corrected chi connectivity index (χ1v) is 6.84. The third-order valence-corrected chi connectivity index (χ3v) is 3.75. The summed E-state index contributed by atoms with van der Waals surface area (Å²) in [6, 6.07) is 8.00. The van der Waals surface area contributed by atoms with Crippen LogP contribution in [0, 0.1) is 0 Å². The molecule has 0 spiro atoms. The Morgan fingerprint density at radius 1 is 1.37 bits per heavy atom. The smallest absolute Gasteiger partial charge is 0.316 e. The van der Waals surface area contributed by atoms with E-state index < -0.39 is 5.41 Å². The molecular formula is C16H21NO2. The molecule has 19 heavy (non-hydrogen) atoms. The van der Waals surface area contributed by atoms with Gasteiger partial charge in [-0.25, -0.2) is 0 Å². The van der Waals surface area contributed by atoms with Gasteiger partial charge in [-0.2, -0.15) is 0 Å². The summed E-state index contributed by atoms with van der Waals surface area (Å²) >= 11 is 0. The Kier molecular flexibility index (Phi) is 4.25. The van der Waals surface area contributed by atoms with Crippen LogP contribution in [0.2, 0.25) is 0 Å². The number of hydrogen-bond acceptors (Lipinski definition) is 3. The largest absolute Gasteiger partial charge is 0.465 e. The summed E-state index contributed by atoms with van der Waals surface area (Å²) in [6.07, 6.45) is 6.66. The molecule has 0 radical (unpaired) electrons. The summed E-state index contributed by atoms with van der Waals surface area (Å²) in [4.78, 5) is 12.5. The second-order valence-corrected chi connectivity index (χ2v) is 4.81. The van der Waals surface area contributed by atoms with E-state index >= 15 is 0 Å².